The Hall–Kier alpha value is -6.96. The Kier molecular flexibility index (Phi) is 7.55. The molecule has 0 aliphatic carbocycles. The molecule has 0 saturated carbocycles. The van der Waals surface area contributed by atoms with E-state index < -0.39 is 0 Å². The number of fused-ring (bicyclic) bond motifs is 4. The molecule has 53 heavy (non-hydrogen) atoms. The number of nitrogens with zero attached hydrogens (tertiary/aromatic N) is 6. The van der Waals surface area contributed by atoms with Crippen LogP contribution in [0.2, 0.25) is 0 Å². The summed E-state index contributed by atoms with van der Waals surface area (Å²) in [6, 6.07) is 55.7. The molecule has 0 fully saturated rings. The molecule has 0 atom stereocenters. The minimum Gasteiger partial charge on any atom is -0.245 e. The fourth-order valence-electron chi connectivity index (χ4n) is 6.69. The predicted octanol–water partition coefficient (Wildman–Crippen LogP) is 11.6. The molecule has 0 spiro atoms. The molecule has 4 heterocycles. The molecular weight excluding hydrogens is 669 g/mol. The second kappa shape index (κ2) is 13.0. The van der Waals surface area contributed by atoms with Crippen LogP contribution in [0.4, 0.5) is 0 Å². The minimum absolute atomic E-state index is 0.605. The van der Waals surface area contributed by atoms with Gasteiger partial charge in [-0.25, -0.2) is 29.9 Å². The molecule has 0 aliphatic rings. The van der Waals surface area contributed by atoms with Crippen molar-refractivity contribution in [3.05, 3.63) is 170 Å². The number of hydrogen-bond donors (Lipinski definition) is 0. The van der Waals surface area contributed by atoms with Gasteiger partial charge >= 0.3 is 0 Å². The Bertz CT molecular complexity index is 2870. The maximum absolute atomic E-state index is 5.26. The Balaban J connectivity index is 1.13. The van der Waals surface area contributed by atoms with Crippen molar-refractivity contribution >= 4 is 42.5 Å². The van der Waals surface area contributed by atoms with Crippen molar-refractivity contribution in [2.45, 2.75) is 0 Å². The van der Waals surface area contributed by atoms with E-state index in [1.165, 1.54) is 5.39 Å². The molecule has 4 aromatic heterocycles. The van der Waals surface area contributed by atoms with E-state index in [-0.39, 0.29) is 0 Å². The van der Waals surface area contributed by atoms with E-state index in [0.29, 0.717) is 23.3 Å². The van der Waals surface area contributed by atoms with Gasteiger partial charge in [0.2, 0.25) is 0 Å². The molecule has 6 nitrogen and oxygen atoms in total. The number of rotatable bonds is 6. The summed E-state index contributed by atoms with van der Waals surface area (Å²) in [6.07, 6.45) is 1.95. The van der Waals surface area contributed by atoms with Gasteiger partial charge in [-0.05, 0) is 28.5 Å². The van der Waals surface area contributed by atoms with Gasteiger partial charge in [0.1, 0.15) is 4.83 Å². The highest BCUT2D eigenvalue weighted by atomic mass is 32.1. The molecule has 10 rings (SSSR count). The quantitative estimate of drug-likeness (QED) is 0.172. The van der Waals surface area contributed by atoms with Crippen LogP contribution in [0.15, 0.2) is 170 Å². The van der Waals surface area contributed by atoms with Crippen LogP contribution in [-0.2, 0) is 0 Å². The third kappa shape index (κ3) is 5.79. The van der Waals surface area contributed by atoms with Crippen LogP contribution >= 0.6 is 11.3 Å². The van der Waals surface area contributed by atoms with Gasteiger partial charge < -0.3 is 0 Å². The monoisotopic (exact) mass is 696 g/mol. The lowest BCUT2D eigenvalue weighted by Gasteiger charge is -2.10. The number of pyridine rings is 1. The first-order valence-electron chi connectivity index (χ1n) is 17.4. The number of hydrogen-bond acceptors (Lipinski definition) is 7. The second-order valence-corrected chi connectivity index (χ2v) is 13.8. The minimum atomic E-state index is 0.605. The lowest BCUT2D eigenvalue weighted by Crippen LogP contribution is -2.00. The zero-order valence-corrected chi connectivity index (χ0v) is 29.1. The fraction of sp³-hybridized carbons (Fsp3) is 0. The first kappa shape index (κ1) is 30.8. The van der Waals surface area contributed by atoms with E-state index in [1.807, 2.05) is 72.9 Å². The maximum atomic E-state index is 5.26. The number of aromatic nitrogens is 6. The van der Waals surface area contributed by atoms with Crippen LogP contribution in [0.25, 0.3) is 99.1 Å². The molecule has 0 radical (unpaired) electrons. The SMILES string of the molecule is c1ccc(-c2cnc3sc4c(-c5ccc(-c6nc(-c7ccccc7)nc(-c7ccccc7)n6)cc5)nc(-c5ccc6ccccc6c5)nc4c3c2)cc1. The van der Waals surface area contributed by atoms with Gasteiger partial charge in [-0.15, -0.1) is 11.3 Å². The van der Waals surface area contributed by atoms with E-state index in [1.54, 1.807) is 11.3 Å². The normalized spacial score (nSPS) is 11.4. The average Bonchev–Trinajstić information content (AvgIpc) is 3.62. The summed E-state index contributed by atoms with van der Waals surface area (Å²) in [5, 5.41) is 3.33. The van der Waals surface area contributed by atoms with Crippen molar-refractivity contribution in [2.75, 3.05) is 0 Å². The smallest absolute Gasteiger partial charge is 0.164 e. The summed E-state index contributed by atoms with van der Waals surface area (Å²) < 4.78 is 0.993. The lowest BCUT2D eigenvalue weighted by atomic mass is 10.0. The van der Waals surface area contributed by atoms with Crippen molar-refractivity contribution in [2.24, 2.45) is 0 Å². The van der Waals surface area contributed by atoms with Crippen LogP contribution in [-0.4, -0.2) is 29.9 Å². The molecule has 0 amide bonds. The van der Waals surface area contributed by atoms with Crippen molar-refractivity contribution in [3.63, 3.8) is 0 Å². The van der Waals surface area contributed by atoms with Gasteiger partial charge in [0.25, 0.3) is 0 Å². The highest BCUT2D eigenvalue weighted by molar-refractivity contribution is 7.25. The summed E-state index contributed by atoms with van der Waals surface area (Å²) >= 11 is 1.62. The molecule has 248 valence electrons. The molecule has 10 aromatic rings. The highest BCUT2D eigenvalue weighted by Crippen LogP contribution is 2.40. The third-order valence-corrected chi connectivity index (χ3v) is 10.5. The van der Waals surface area contributed by atoms with Crippen molar-refractivity contribution in [3.8, 4) is 67.9 Å². The second-order valence-electron chi connectivity index (χ2n) is 12.8. The maximum Gasteiger partial charge on any atom is 0.164 e. The van der Waals surface area contributed by atoms with Gasteiger partial charge in [0, 0.05) is 45.0 Å². The largest absolute Gasteiger partial charge is 0.245 e. The zero-order chi connectivity index (χ0) is 35.1. The van der Waals surface area contributed by atoms with Crippen LogP contribution in [0.1, 0.15) is 0 Å². The molecule has 0 aliphatic heterocycles. The molecule has 0 saturated heterocycles. The number of thiophene rings is 1. The first-order valence-corrected chi connectivity index (χ1v) is 18.2. The zero-order valence-electron chi connectivity index (χ0n) is 28.3. The summed E-state index contributed by atoms with van der Waals surface area (Å²) in [7, 11) is 0. The van der Waals surface area contributed by atoms with Crippen molar-refractivity contribution in [1.82, 2.24) is 29.9 Å². The molecule has 0 unspecified atom stereocenters. The Morgan fingerprint density at radius 1 is 0.358 bits per heavy atom. The topological polar surface area (TPSA) is 77.3 Å². The van der Waals surface area contributed by atoms with Gasteiger partial charge in [-0.2, -0.15) is 0 Å². The molecule has 6 aromatic carbocycles. The average molecular weight is 697 g/mol. The van der Waals surface area contributed by atoms with Gasteiger partial charge in [-0.1, -0.05) is 152 Å². The van der Waals surface area contributed by atoms with Crippen LogP contribution in [0, 0.1) is 0 Å². The first-order chi connectivity index (χ1) is 26.2. The van der Waals surface area contributed by atoms with E-state index in [9.17, 15) is 0 Å². The van der Waals surface area contributed by atoms with E-state index in [2.05, 4.69) is 97.1 Å². The Labute approximate surface area is 309 Å². The fourth-order valence-corrected chi connectivity index (χ4v) is 7.76. The van der Waals surface area contributed by atoms with Crippen molar-refractivity contribution in [1.29, 1.82) is 0 Å². The van der Waals surface area contributed by atoms with Gasteiger partial charge in [-0.3, -0.25) is 0 Å². The third-order valence-electron chi connectivity index (χ3n) is 9.40. The Morgan fingerprint density at radius 3 is 1.51 bits per heavy atom. The van der Waals surface area contributed by atoms with Crippen LogP contribution < -0.4 is 0 Å². The van der Waals surface area contributed by atoms with Crippen LogP contribution in [0.5, 0.6) is 0 Å². The summed E-state index contributed by atoms with van der Waals surface area (Å²) in [5.41, 5.74) is 8.61. The van der Waals surface area contributed by atoms with E-state index in [0.717, 1.165) is 70.5 Å². The van der Waals surface area contributed by atoms with E-state index in [4.69, 9.17) is 29.9 Å². The molecule has 0 N–H and O–H groups in total. The van der Waals surface area contributed by atoms with Gasteiger partial charge in [0.05, 0.1) is 15.9 Å². The van der Waals surface area contributed by atoms with Gasteiger partial charge in [0.15, 0.2) is 23.3 Å². The summed E-state index contributed by atoms with van der Waals surface area (Å²) in [5.74, 6) is 2.53. The standard InChI is InChI=1S/C46H28N6S/c1-4-12-29(13-5-1)37-27-38-40-41(53-46(38)47-28-37)39(48-45(49-40)36-25-20-30-14-10-11-19-35(30)26-36)31-21-23-34(24-22-31)44-51-42(32-15-6-2-7-16-32)50-43(52-44)33-17-8-3-9-18-33/h1-28H. The van der Waals surface area contributed by atoms with Crippen LogP contribution in [0.3, 0.4) is 0 Å². The summed E-state index contributed by atoms with van der Waals surface area (Å²) in [4.78, 5) is 31.1. The summed E-state index contributed by atoms with van der Waals surface area (Å²) in [6.45, 7) is 0. The van der Waals surface area contributed by atoms with E-state index >= 15 is 0 Å². The van der Waals surface area contributed by atoms with Crippen molar-refractivity contribution < 1.29 is 0 Å². The molecule has 7 heteroatoms. The molecule has 0 bridgehead atoms. The number of benzene rings is 6. The highest BCUT2D eigenvalue weighted by Gasteiger charge is 2.19. The lowest BCUT2D eigenvalue weighted by molar-refractivity contribution is 1.07. The Morgan fingerprint density at radius 2 is 0.868 bits per heavy atom. The predicted molar refractivity (Wildman–Crippen MR) is 216 cm³/mol. The molecular formula is C46H28N6S.